The number of methoxy groups -OCH3 is 1. The fourth-order valence-corrected chi connectivity index (χ4v) is 4.19. The van der Waals surface area contributed by atoms with Crippen LogP contribution in [0.3, 0.4) is 0 Å². The van der Waals surface area contributed by atoms with E-state index in [0.29, 0.717) is 50.3 Å². The number of hydrogen-bond acceptors (Lipinski definition) is 6. The van der Waals surface area contributed by atoms with Gasteiger partial charge < -0.3 is 24.8 Å². The number of aromatic nitrogens is 1. The van der Waals surface area contributed by atoms with Crippen LogP contribution in [0.15, 0.2) is 18.5 Å². The second kappa shape index (κ2) is 7.44. The summed E-state index contributed by atoms with van der Waals surface area (Å²) in [5, 5.41) is 13.9. The van der Waals surface area contributed by atoms with Gasteiger partial charge in [-0.2, -0.15) is 0 Å². The molecule has 2 N–H and O–H groups in total. The smallest absolute Gasteiger partial charge is 0.257 e. The lowest BCUT2D eigenvalue weighted by Crippen LogP contribution is -2.69. The second-order valence-electron chi connectivity index (χ2n) is 7.53. The van der Waals surface area contributed by atoms with Crippen molar-refractivity contribution < 1.29 is 24.2 Å². The van der Waals surface area contributed by atoms with Crippen molar-refractivity contribution >= 4 is 11.8 Å². The van der Waals surface area contributed by atoms with E-state index in [2.05, 4.69) is 10.3 Å². The Kier molecular flexibility index (Phi) is 5.39. The van der Waals surface area contributed by atoms with Crippen molar-refractivity contribution in [1.82, 2.24) is 15.2 Å². The minimum atomic E-state index is -0.838. The number of nitrogens with one attached hydrogen (secondary N) is 1. The molecule has 3 heterocycles. The molecule has 0 bridgehead atoms. The number of hydrogen-bond donors (Lipinski definition) is 2. The maximum absolute atomic E-state index is 12.9. The highest BCUT2D eigenvalue weighted by Gasteiger charge is 2.54. The number of pyridine rings is 1. The van der Waals surface area contributed by atoms with E-state index < -0.39 is 17.2 Å². The van der Waals surface area contributed by atoms with Gasteiger partial charge in [-0.1, -0.05) is 0 Å². The van der Waals surface area contributed by atoms with Gasteiger partial charge in [-0.05, 0) is 32.3 Å². The highest BCUT2D eigenvalue weighted by atomic mass is 16.5. The number of ether oxygens (including phenoxy) is 2. The molecule has 0 unspecified atom stereocenters. The summed E-state index contributed by atoms with van der Waals surface area (Å²) in [5.41, 5.74) is -1.02. The molecule has 2 atom stereocenters. The molecule has 148 valence electrons. The average molecular weight is 377 g/mol. The molecule has 1 spiro atoms. The number of rotatable bonds is 3. The largest absolute Gasteiger partial charge is 0.494 e. The van der Waals surface area contributed by atoms with Gasteiger partial charge in [0.25, 0.3) is 5.91 Å². The van der Waals surface area contributed by atoms with Crippen LogP contribution in [-0.4, -0.2) is 70.9 Å². The zero-order valence-corrected chi connectivity index (χ0v) is 16.0. The topological polar surface area (TPSA) is 101 Å². The lowest BCUT2D eigenvalue weighted by Gasteiger charge is -2.53. The first-order chi connectivity index (χ1) is 12.8. The monoisotopic (exact) mass is 377 g/mol. The summed E-state index contributed by atoms with van der Waals surface area (Å²) in [4.78, 5) is 30.1. The standard InChI is InChI=1S/C19H27N3O5/c1-13(23)21-18(2)7-11-27-19(17(18)25)5-9-22(10-6-19)16(24)14-4-8-20-12-15(14)26-3/h4,8,12,17,25H,5-7,9-11H2,1-3H3,(H,21,23)/t17-,18+/m1/s1. The van der Waals surface area contributed by atoms with E-state index >= 15 is 0 Å². The zero-order valence-electron chi connectivity index (χ0n) is 16.0. The molecule has 27 heavy (non-hydrogen) atoms. The zero-order chi connectivity index (χ0) is 19.7. The van der Waals surface area contributed by atoms with Crippen LogP contribution in [0.2, 0.25) is 0 Å². The van der Waals surface area contributed by atoms with Gasteiger partial charge in [-0.3, -0.25) is 14.6 Å². The first-order valence-electron chi connectivity index (χ1n) is 9.19. The van der Waals surface area contributed by atoms with Crippen molar-refractivity contribution in [3.63, 3.8) is 0 Å². The van der Waals surface area contributed by atoms with E-state index in [1.807, 2.05) is 6.92 Å². The van der Waals surface area contributed by atoms with Gasteiger partial charge in [-0.25, -0.2) is 0 Å². The fraction of sp³-hybridized carbons (Fsp3) is 0.632. The Morgan fingerprint density at radius 2 is 2.07 bits per heavy atom. The van der Waals surface area contributed by atoms with Crippen LogP contribution in [-0.2, 0) is 9.53 Å². The van der Waals surface area contributed by atoms with E-state index in [0.717, 1.165) is 0 Å². The quantitative estimate of drug-likeness (QED) is 0.806. The Balaban J connectivity index is 1.72. The van der Waals surface area contributed by atoms with Gasteiger partial charge in [-0.15, -0.1) is 0 Å². The molecule has 8 heteroatoms. The summed E-state index contributed by atoms with van der Waals surface area (Å²) in [5.74, 6) is 0.139. The van der Waals surface area contributed by atoms with E-state index in [-0.39, 0.29) is 11.8 Å². The summed E-state index contributed by atoms with van der Waals surface area (Å²) in [6.45, 7) is 4.67. The van der Waals surface area contributed by atoms with E-state index in [1.165, 1.54) is 20.2 Å². The van der Waals surface area contributed by atoms with Crippen molar-refractivity contribution in [1.29, 1.82) is 0 Å². The van der Waals surface area contributed by atoms with Crippen LogP contribution in [0.1, 0.15) is 43.5 Å². The number of nitrogens with zero attached hydrogens (tertiary/aromatic N) is 2. The van der Waals surface area contributed by atoms with Gasteiger partial charge in [0.05, 0.1) is 30.0 Å². The molecule has 0 aliphatic carbocycles. The van der Waals surface area contributed by atoms with E-state index in [9.17, 15) is 14.7 Å². The van der Waals surface area contributed by atoms with Crippen molar-refractivity contribution in [3.8, 4) is 5.75 Å². The highest BCUT2D eigenvalue weighted by molar-refractivity contribution is 5.96. The number of carbonyl (C=O) groups excluding carboxylic acids is 2. The predicted octanol–water partition coefficient (Wildman–Crippen LogP) is 0.741. The third-order valence-corrected chi connectivity index (χ3v) is 5.71. The molecule has 2 aliphatic rings. The third-order valence-electron chi connectivity index (χ3n) is 5.71. The number of piperidine rings is 1. The first kappa shape index (κ1) is 19.6. The first-order valence-corrected chi connectivity index (χ1v) is 9.19. The summed E-state index contributed by atoms with van der Waals surface area (Å²) in [6.07, 6.45) is 3.80. The minimum Gasteiger partial charge on any atom is -0.494 e. The molecule has 3 rings (SSSR count). The van der Waals surface area contributed by atoms with Crippen molar-refractivity contribution in [2.24, 2.45) is 0 Å². The lowest BCUT2D eigenvalue weighted by molar-refractivity contribution is -0.205. The number of aliphatic hydroxyl groups is 1. The normalized spacial score (nSPS) is 27.3. The fourth-order valence-electron chi connectivity index (χ4n) is 4.19. The molecule has 0 aromatic carbocycles. The number of likely N-dealkylation sites (tertiary alicyclic amines) is 1. The third kappa shape index (κ3) is 3.64. The van der Waals surface area contributed by atoms with E-state index in [1.54, 1.807) is 17.2 Å². The number of carbonyl (C=O) groups is 2. The van der Waals surface area contributed by atoms with Crippen molar-refractivity contribution in [2.75, 3.05) is 26.8 Å². The lowest BCUT2D eigenvalue weighted by atomic mass is 9.73. The van der Waals surface area contributed by atoms with Crippen LogP contribution in [0, 0.1) is 0 Å². The average Bonchev–Trinajstić information content (AvgIpc) is 2.65. The van der Waals surface area contributed by atoms with Crippen molar-refractivity contribution in [3.05, 3.63) is 24.0 Å². The summed E-state index contributed by atoms with van der Waals surface area (Å²) in [7, 11) is 1.51. The Labute approximate surface area is 158 Å². The van der Waals surface area contributed by atoms with Gasteiger partial charge in [0.15, 0.2) is 0 Å². The number of aliphatic hydroxyl groups excluding tert-OH is 1. The van der Waals surface area contributed by atoms with Crippen LogP contribution in [0.25, 0.3) is 0 Å². The molecule has 1 aromatic rings. The molecule has 2 aliphatic heterocycles. The van der Waals surface area contributed by atoms with E-state index in [4.69, 9.17) is 9.47 Å². The maximum Gasteiger partial charge on any atom is 0.257 e. The molecule has 1 aromatic heterocycles. The van der Waals surface area contributed by atoms with Gasteiger partial charge in [0.2, 0.25) is 5.91 Å². The molecule has 0 saturated carbocycles. The Hall–Kier alpha value is -2.19. The molecular formula is C19H27N3O5. The molecule has 2 amide bonds. The second-order valence-corrected chi connectivity index (χ2v) is 7.53. The van der Waals surface area contributed by atoms with Crippen molar-refractivity contribution in [2.45, 2.75) is 50.4 Å². The predicted molar refractivity (Wildman–Crippen MR) is 97.5 cm³/mol. The maximum atomic E-state index is 12.9. The Bertz CT molecular complexity index is 717. The van der Waals surface area contributed by atoms with Gasteiger partial charge in [0.1, 0.15) is 11.9 Å². The Morgan fingerprint density at radius 1 is 1.37 bits per heavy atom. The molecular weight excluding hydrogens is 350 g/mol. The summed E-state index contributed by atoms with van der Waals surface area (Å²) >= 11 is 0. The molecule has 2 fully saturated rings. The van der Waals surface area contributed by atoms with Crippen LogP contribution >= 0.6 is 0 Å². The molecule has 8 nitrogen and oxygen atoms in total. The molecule has 2 saturated heterocycles. The summed E-state index contributed by atoms with van der Waals surface area (Å²) in [6, 6.07) is 1.64. The van der Waals surface area contributed by atoms with Crippen LogP contribution in [0.5, 0.6) is 5.75 Å². The van der Waals surface area contributed by atoms with Crippen LogP contribution in [0.4, 0.5) is 0 Å². The minimum absolute atomic E-state index is 0.126. The summed E-state index contributed by atoms with van der Waals surface area (Å²) < 4.78 is 11.2. The van der Waals surface area contributed by atoms with Crippen LogP contribution < -0.4 is 10.1 Å². The van der Waals surface area contributed by atoms with Gasteiger partial charge >= 0.3 is 0 Å². The SMILES string of the molecule is COc1cnccc1C(=O)N1CCC2(CC1)OCC[C@](C)(NC(C)=O)[C@H]2O. The number of amides is 2. The van der Waals surface area contributed by atoms with Gasteiger partial charge in [0, 0.05) is 32.8 Å². The Morgan fingerprint density at radius 3 is 2.70 bits per heavy atom. The molecule has 0 radical (unpaired) electrons. The highest BCUT2D eigenvalue weighted by Crippen LogP contribution is 2.40.